The highest BCUT2D eigenvalue weighted by Crippen LogP contribution is 2.33. The standard InChI is InChI=1S/C25H29N3O5/c1-2-3-4-5-6-11-23(30)28-20-10-8-7-9-19(20)27-24(31)21(28)16-22(29)26-18-14-12-17(13-15-18)25(32)33/h7-10,12-15,21H,2-6,11,16H2,1H3,(H,26,29)(H,27,31)(H,32,33)/p-1/t21-/m1/s1. The van der Waals surface area contributed by atoms with Gasteiger partial charge in [0.25, 0.3) is 0 Å². The minimum absolute atomic E-state index is 0.00743. The predicted molar refractivity (Wildman–Crippen MR) is 124 cm³/mol. The summed E-state index contributed by atoms with van der Waals surface area (Å²) >= 11 is 0. The van der Waals surface area contributed by atoms with E-state index in [0.717, 1.165) is 32.1 Å². The van der Waals surface area contributed by atoms with E-state index in [9.17, 15) is 24.3 Å². The number of unbranched alkanes of at least 4 members (excludes halogenated alkanes) is 4. The molecule has 0 aromatic heterocycles. The van der Waals surface area contributed by atoms with E-state index < -0.39 is 23.8 Å². The lowest BCUT2D eigenvalue weighted by atomic mass is 10.0. The molecule has 174 valence electrons. The van der Waals surface area contributed by atoms with Crippen molar-refractivity contribution in [3.63, 3.8) is 0 Å². The summed E-state index contributed by atoms with van der Waals surface area (Å²) in [5.74, 6) is -2.38. The molecule has 1 heterocycles. The minimum atomic E-state index is -1.31. The van der Waals surface area contributed by atoms with Crippen LogP contribution in [0.4, 0.5) is 17.1 Å². The van der Waals surface area contributed by atoms with Crippen LogP contribution in [0.3, 0.4) is 0 Å². The lowest BCUT2D eigenvalue weighted by Gasteiger charge is -2.36. The second kappa shape index (κ2) is 11.3. The summed E-state index contributed by atoms with van der Waals surface area (Å²) in [6.07, 6.45) is 5.02. The van der Waals surface area contributed by atoms with Crippen LogP contribution in [0.5, 0.6) is 0 Å². The highest BCUT2D eigenvalue weighted by Gasteiger charge is 2.37. The van der Waals surface area contributed by atoms with E-state index in [-0.39, 0.29) is 17.9 Å². The number of aromatic carboxylic acids is 1. The highest BCUT2D eigenvalue weighted by atomic mass is 16.4. The van der Waals surface area contributed by atoms with Crippen molar-refractivity contribution in [2.45, 2.75) is 57.9 Å². The normalized spacial score (nSPS) is 14.9. The molecular formula is C25H28N3O5-. The Kier molecular flexibility index (Phi) is 8.18. The van der Waals surface area contributed by atoms with Gasteiger partial charge in [-0.3, -0.25) is 19.3 Å². The summed E-state index contributed by atoms with van der Waals surface area (Å²) in [7, 11) is 0. The third-order valence-electron chi connectivity index (χ3n) is 5.58. The fourth-order valence-corrected chi connectivity index (χ4v) is 3.86. The van der Waals surface area contributed by atoms with Crippen LogP contribution in [-0.4, -0.2) is 29.7 Å². The van der Waals surface area contributed by atoms with Gasteiger partial charge >= 0.3 is 0 Å². The molecule has 1 aliphatic heterocycles. The molecule has 1 aliphatic rings. The third-order valence-corrected chi connectivity index (χ3v) is 5.58. The van der Waals surface area contributed by atoms with Gasteiger partial charge in [0, 0.05) is 12.1 Å². The highest BCUT2D eigenvalue weighted by molar-refractivity contribution is 6.13. The summed E-state index contributed by atoms with van der Waals surface area (Å²) in [4.78, 5) is 51.0. The van der Waals surface area contributed by atoms with Gasteiger partial charge in [-0.25, -0.2) is 0 Å². The van der Waals surface area contributed by atoms with Crippen LogP contribution < -0.4 is 20.6 Å². The Hall–Kier alpha value is -3.68. The zero-order valence-electron chi connectivity index (χ0n) is 18.6. The van der Waals surface area contributed by atoms with Crippen LogP contribution in [0.15, 0.2) is 48.5 Å². The van der Waals surface area contributed by atoms with Crippen LogP contribution in [0.2, 0.25) is 0 Å². The Balaban J connectivity index is 1.73. The van der Waals surface area contributed by atoms with Crippen molar-refractivity contribution in [3.8, 4) is 0 Å². The molecule has 0 saturated heterocycles. The number of carboxylic acids is 1. The van der Waals surface area contributed by atoms with Crippen molar-refractivity contribution in [2.24, 2.45) is 0 Å². The zero-order valence-corrected chi connectivity index (χ0v) is 18.6. The fraction of sp³-hybridized carbons (Fsp3) is 0.360. The summed E-state index contributed by atoms with van der Waals surface area (Å²) < 4.78 is 0. The van der Waals surface area contributed by atoms with Crippen molar-refractivity contribution in [1.29, 1.82) is 0 Å². The van der Waals surface area contributed by atoms with Crippen molar-refractivity contribution >= 4 is 40.8 Å². The number of nitrogens with one attached hydrogen (secondary N) is 2. The molecule has 0 bridgehead atoms. The summed E-state index contributed by atoms with van der Waals surface area (Å²) in [5.41, 5.74) is 1.49. The molecule has 0 unspecified atom stereocenters. The first kappa shape index (κ1) is 24.0. The van der Waals surface area contributed by atoms with Crippen molar-refractivity contribution in [2.75, 3.05) is 15.5 Å². The first-order chi connectivity index (χ1) is 15.9. The van der Waals surface area contributed by atoms with Crippen molar-refractivity contribution in [1.82, 2.24) is 0 Å². The maximum atomic E-state index is 13.1. The van der Waals surface area contributed by atoms with Gasteiger partial charge in [0.2, 0.25) is 17.7 Å². The quantitative estimate of drug-likeness (QED) is 0.539. The molecule has 0 saturated carbocycles. The van der Waals surface area contributed by atoms with Crippen LogP contribution in [0, 0.1) is 0 Å². The molecule has 8 nitrogen and oxygen atoms in total. The number of carbonyl (C=O) groups excluding carboxylic acids is 4. The first-order valence-corrected chi connectivity index (χ1v) is 11.2. The maximum absolute atomic E-state index is 13.1. The largest absolute Gasteiger partial charge is 0.545 e. The third kappa shape index (κ3) is 6.19. The van der Waals surface area contributed by atoms with Gasteiger partial charge in [0.15, 0.2) is 0 Å². The van der Waals surface area contributed by atoms with Gasteiger partial charge < -0.3 is 20.5 Å². The van der Waals surface area contributed by atoms with E-state index in [1.54, 1.807) is 24.3 Å². The number of hydrogen-bond acceptors (Lipinski definition) is 5. The minimum Gasteiger partial charge on any atom is -0.545 e. The molecule has 0 spiro atoms. The summed E-state index contributed by atoms with van der Waals surface area (Å²) in [6.45, 7) is 2.13. The smallest absolute Gasteiger partial charge is 0.248 e. The number of amides is 3. The predicted octanol–water partition coefficient (Wildman–Crippen LogP) is 3.09. The van der Waals surface area contributed by atoms with E-state index in [1.807, 2.05) is 0 Å². The van der Waals surface area contributed by atoms with Crippen LogP contribution >= 0.6 is 0 Å². The average molecular weight is 451 g/mol. The van der Waals surface area contributed by atoms with Gasteiger partial charge in [0.1, 0.15) is 6.04 Å². The Morgan fingerprint density at radius 2 is 1.70 bits per heavy atom. The lowest BCUT2D eigenvalue weighted by molar-refractivity contribution is -0.255. The number of para-hydroxylation sites is 2. The van der Waals surface area contributed by atoms with Crippen LogP contribution in [-0.2, 0) is 14.4 Å². The number of anilines is 3. The second-order valence-electron chi connectivity index (χ2n) is 8.07. The van der Waals surface area contributed by atoms with Gasteiger partial charge in [-0.05, 0) is 36.2 Å². The van der Waals surface area contributed by atoms with E-state index >= 15 is 0 Å². The Morgan fingerprint density at radius 1 is 1.00 bits per heavy atom. The molecule has 3 amide bonds. The van der Waals surface area contributed by atoms with Crippen molar-refractivity contribution < 1.29 is 24.3 Å². The molecule has 2 N–H and O–H groups in total. The number of carbonyl (C=O) groups is 4. The Morgan fingerprint density at radius 3 is 2.39 bits per heavy atom. The molecule has 8 heteroatoms. The van der Waals surface area contributed by atoms with E-state index in [2.05, 4.69) is 17.6 Å². The molecule has 0 aliphatic carbocycles. The number of carboxylic acid groups (broad SMARTS) is 1. The molecule has 2 aromatic carbocycles. The maximum Gasteiger partial charge on any atom is 0.248 e. The summed E-state index contributed by atoms with van der Waals surface area (Å²) in [6, 6.07) is 11.6. The molecule has 0 fully saturated rings. The molecule has 2 aromatic rings. The van der Waals surface area contributed by atoms with Gasteiger partial charge in [0.05, 0.1) is 23.8 Å². The van der Waals surface area contributed by atoms with E-state index in [1.165, 1.54) is 29.2 Å². The average Bonchev–Trinajstić information content (AvgIpc) is 2.79. The van der Waals surface area contributed by atoms with Gasteiger partial charge in [-0.2, -0.15) is 0 Å². The molecule has 0 radical (unpaired) electrons. The first-order valence-electron chi connectivity index (χ1n) is 11.2. The lowest BCUT2D eigenvalue weighted by Crippen LogP contribution is -2.52. The van der Waals surface area contributed by atoms with Gasteiger partial charge in [-0.1, -0.05) is 56.9 Å². The number of rotatable bonds is 10. The molecule has 3 rings (SSSR count). The van der Waals surface area contributed by atoms with Crippen LogP contribution in [0.25, 0.3) is 0 Å². The number of fused-ring (bicyclic) bond motifs is 1. The number of benzene rings is 2. The summed E-state index contributed by atoms with van der Waals surface area (Å²) in [5, 5.41) is 16.3. The second-order valence-corrected chi connectivity index (χ2v) is 8.07. The number of hydrogen-bond donors (Lipinski definition) is 2. The SMILES string of the molecule is CCCCCCCC(=O)N1c2ccccc2NC(=O)[C@H]1CC(=O)Nc1ccc(C(=O)[O-])cc1. The Labute approximate surface area is 193 Å². The zero-order chi connectivity index (χ0) is 23.8. The van der Waals surface area contributed by atoms with Crippen LogP contribution in [0.1, 0.15) is 62.2 Å². The Bertz CT molecular complexity index is 1020. The number of nitrogens with zero attached hydrogens (tertiary/aromatic N) is 1. The molecule has 1 atom stereocenters. The fourth-order valence-electron chi connectivity index (χ4n) is 3.86. The molecular weight excluding hydrogens is 422 g/mol. The van der Waals surface area contributed by atoms with E-state index in [4.69, 9.17) is 0 Å². The van der Waals surface area contributed by atoms with Gasteiger partial charge in [-0.15, -0.1) is 0 Å². The molecule has 33 heavy (non-hydrogen) atoms. The van der Waals surface area contributed by atoms with E-state index in [0.29, 0.717) is 23.5 Å². The monoisotopic (exact) mass is 450 g/mol. The van der Waals surface area contributed by atoms with Crippen molar-refractivity contribution in [3.05, 3.63) is 54.1 Å². The topological polar surface area (TPSA) is 119 Å².